The average Bonchev–Trinajstić information content (AvgIpc) is 2.52. The molecule has 0 spiro atoms. The largest absolute Gasteiger partial charge is 0.466 e. The van der Waals surface area contributed by atoms with Crippen LogP contribution in [0, 0.1) is 0 Å². The number of hydrogen-bond donors (Lipinski definition) is 0. The summed E-state index contributed by atoms with van der Waals surface area (Å²) in [7, 11) is 0. The van der Waals surface area contributed by atoms with Crippen LogP contribution >= 0.6 is 11.6 Å². The summed E-state index contributed by atoms with van der Waals surface area (Å²) in [5.74, 6) is -0.738. The summed E-state index contributed by atoms with van der Waals surface area (Å²) >= 11 is 5.67. The van der Waals surface area contributed by atoms with E-state index < -0.39 is 5.97 Å². The first-order valence-corrected chi connectivity index (χ1v) is 9.45. The van der Waals surface area contributed by atoms with Crippen LogP contribution in [0.15, 0.2) is 0 Å². The van der Waals surface area contributed by atoms with Crippen LogP contribution in [0.25, 0.3) is 0 Å². The van der Waals surface area contributed by atoms with Crippen LogP contribution in [0.4, 0.5) is 0 Å². The van der Waals surface area contributed by atoms with E-state index in [1.807, 2.05) is 0 Å². The summed E-state index contributed by atoms with van der Waals surface area (Å²) in [6, 6.07) is 0. The summed E-state index contributed by atoms with van der Waals surface area (Å²) in [4.78, 5) is 22.8. The third kappa shape index (κ3) is 17.4. The predicted molar refractivity (Wildman–Crippen MR) is 93.7 cm³/mol. The molecule has 0 aromatic carbocycles. The van der Waals surface area contributed by atoms with Crippen molar-refractivity contribution in [3.63, 3.8) is 0 Å². The molecule has 0 aliphatic carbocycles. The number of unbranched alkanes of at least 4 members (excludes halogenated alkanes) is 8. The van der Waals surface area contributed by atoms with Crippen molar-refractivity contribution in [2.45, 2.75) is 89.9 Å². The van der Waals surface area contributed by atoms with Crippen LogP contribution in [0.5, 0.6) is 0 Å². The fourth-order valence-corrected chi connectivity index (χ4v) is 2.22. The summed E-state index contributed by atoms with van der Waals surface area (Å²) in [5, 5.41) is -0.211. The van der Waals surface area contributed by atoms with Crippen molar-refractivity contribution in [1.82, 2.24) is 0 Å². The minimum absolute atomic E-state index is 0.0558. The van der Waals surface area contributed by atoms with Gasteiger partial charge in [0.05, 0.1) is 24.8 Å². The van der Waals surface area contributed by atoms with Gasteiger partial charge in [0.25, 0.3) is 0 Å². The van der Waals surface area contributed by atoms with Gasteiger partial charge in [0.1, 0.15) is 6.61 Å². The maximum Gasteiger partial charge on any atom is 0.306 e. The fourth-order valence-electron chi connectivity index (χ4n) is 2.15. The molecule has 0 saturated carbocycles. The van der Waals surface area contributed by atoms with Crippen molar-refractivity contribution in [1.29, 1.82) is 0 Å². The number of carbonyl (C=O) groups excluding carboxylic acids is 2. The zero-order valence-electron chi connectivity index (χ0n) is 14.8. The van der Waals surface area contributed by atoms with Crippen molar-refractivity contribution in [3.05, 3.63) is 0 Å². The standard InChI is InChI=1S/C18H33ClO4/c1-3-4-5-6-7-8-9-10-11-14-22-17(20)12-13-18(21)23-15-16(2)19/h16H,3-15H2,1-2H3. The summed E-state index contributed by atoms with van der Waals surface area (Å²) in [6.45, 7) is 4.59. The zero-order chi connectivity index (χ0) is 17.3. The Morgan fingerprint density at radius 2 is 1.30 bits per heavy atom. The molecule has 5 heteroatoms. The smallest absolute Gasteiger partial charge is 0.306 e. The Morgan fingerprint density at radius 3 is 1.83 bits per heavy atom. The molecule has 0 heterocycles. The van der Waals surface area contributed by atoms with Crippen LogP contribution in [0.3, 0.4) is 0 Å². The number of hydrogen-bond acceptors (Lipinski definition) is 4. The van der Waals surface area contributed by atoms with Gasteiger partial charge in [-0.3, -0.25) is 9.59 Å². The summed E-state index contributed by atoms with van der Waals surface area (Å²) in [5.41, 5.74) is 0. The maximum absolute atomic E-state index is 11.5. The van der Waals surface area contributed by atoms with E-state index in [0.29, 0.717) is 6.61 Å². The Hall–Kier alpha value is -0.770. The number of esters is 2. The molecular formula is C18H33ClO4. The number of carbonyl (C=O) groups is 2. The van der Waals surface area contributed by atoms with Gasteiger partial charge in [0.2, 0.25) is 0 Å². The van der Waals surface area contributed by atoms with Crippen LogP contribution < -0.4 is 0 Å². The molecule has 0 fully saturated rings. The van der Waals surface area contributed by atoms with Crippen molar-refractivity contribution >= 4 is 23.5 Å². The van der Waals surface area contributed by atoms with E-state index in [-0.39, 0.29) is 30.8 Å². The minimum atomic E-state index is -0.405. The van der Waals surface area contributed by atoms with Gasteiger partial charge in [-0.05, 0) is 13.3 Å². The Balaban J connectivity index is 3.32. The molecule has 1 unspecified atom stereocenters. The maximum atomic E-state index is 11.5. The molecule has 0 aliphatic heterocycles. The second-order valence-corrected chi connectivity index (χ2v) is 6.76. The van der Waals surface area contributed by atoms with Gasteiger partial charge in [-0.2, -0.15) is 0 Å². The molecule has 136 valence electrons. The van der Waals surface area contributed by atoms with Gasteiger partial charge in [-0.25, -0.2) is 0 Å². The highest BCUT2D eigenvalue weighted by Crippen LogP contribution is 2.09. The second kappa shape index (κ2) is 16.1. The normalized spacial score (nSPS) is 12.0. The SMILES string of the molecule is CCCCCCCCCCCOC(=O)CCC(=O)OCC(C)Cl. The van der Waals surface area contributed by atoms with Crippen LogP contribution in [0.2, 0.25) is 0 Å². The number of alkyl halides is 1. The van der Waals surface area contributed by atoms with E-state index >= 15 is 0 Å². The summed E-state index contributed by atoms with van der Waals surface area (Å²) < 4.78 is 9.99. The van der Waals surface area contributed by atoms with E-state index in [0.717, 1.165) is 12.8 Å². The quantitative estimate of drug-likeness (QED) is 0.237. The first kappa shape index (κ1) is 22.2. The number of ether oxygens (including phenoxy) is 2. The molecule has 0 N–H and O–H groups in total. The molecule has 0 aliphatic rings. The highest BCUT2D eigenvalue weighted by molar-refractivity contribution is 6.20. The second-order valence-electron chi connectivity index (χ2n) is 6.01. The predicted octanol–water partition coefficient (Wildman–Crippen LogP) is 5.01. The van der Waals surface area contributed by atoms with E-state index in [1.54, 1.807) is 6.92 Å². The molecule has 0 aromatic rings. The van der Waals surface area contributed by atoms with E-state index in [1.165, 1.54) is 44.9 Å². The lowest BCUT2D eigenvalue weighted by Gasteiger charge is -2.06. The zero-order valence-corrected chi connectivity index (χ0v) is 15.5. The monoisotopic (exact) mass is 348 g/mol. The van der Waals surface area contributed by atoms with E-state index in [9.17, 15) is 9.59 Å². The van der Waals surface area contributed by atoms with Crippen molar-refractivity contribution in [3.8, 4) is 0 Å². The fraction of sp³-hybridized carbons (Fsp3) is 0.889. The van der Waals surface area contributed by atoms with Crippen molar-refractivity contribution in [2.75, 3.05) is 13.2 Å². The lowest BCUT2D eigenvalue weighted by atomic mass is 10.1. The molecule has 4 nitrogen and oxygen atoms in total. The van der Waals surface area contributed by atoms with Gasteiger partial charge >= 0.3 is 11.9 Å². The number of rotatable bonds is 15. The van der Waals surface area contributed by atoms with E-state index in [2.05, 4.69) is 6.92 Å². The average molecular weight is 349 g/mol. The molecule has 0 saturated heterocycles. The molecule has 0 radical (unpaired) electrons. The summed E-state index contributed by atoms with van der Waals surface area (Å²) in [6.07, 6.45) is 11.2. The van der Waals surface area contributed by atoms with Gasteiger partial charge in [-0.15, -0.1) is 11.6 Å². The molecule has 23 heavy (non-hydrogen) atoms. The van der Waals surface area contributed by atoms with Gasteiger partial charge in [0, 0.05) is 0 Å². The van der Waals surface area contributed by atoms with Crippen LogP contribution in [0.1, 0.15) is 84.5 Å². The topological polar surface area (TPSA) is 52.6 Å². The lowest BCUT2D eigenvalue weighted by molar-refractivity contribution is -0.150. The molecule has 0 amide bonds. The molecular weight excluding hydrogens is 316 g/mol. The first-order valence-electron chi connectivity index (χ1n) is 9.01. The highest BCUT2D eigenvalue weighted by Gasteiger charge is 2.10. The van der Waals surface area contributed by atoms with Crippen LogP contribution in [-0.4, -0.2) is 30.5 Å². The Bertz CT molecular complexity index is 305. The third-order valence-corrected chi connectivity index (χ3v) is 3.64. The van der Waals surface area contributed by atoms with Crippen molar-refractivity contribution in [2.24, 2.45) is 0 Å². The molecule has 1 atom stereocenters. The Labute approximate surface area is 146 Å². The van der Waals surface area contributed by atoms with Gasteiger partial charge in [-0.1, -0.05) is 58.3 Å². The van der Waals surface area contributed by atoms with Gasteiger partial charge in [0.15, 0.2) is 0 Å². The minimum Gasteiger partial charge on any atom is -0.466 e. The Kier molecular flexibility index (Phi) is 15.6. The van der Waals surface area contributed by atoms with Crippen LogP contribution in [-0.2, 0) is 19.1 Å². The third-order valence-electron chi connectivity index (χ3n) is 3.52. The van der Waals surface area contributed by atoms with Crippen molar-refractivity contribution < 1.29 is 19.1 Å². The molecule has 0 aromatic heterocycles. The highest BCUT2D eigenvalue weighted by atomic mass is 35.5. The Morgan fingerprint density at radius 1 is 0.826 bits per heavy atom. The lowest BCUT2D eigenvalue weighted by Crippen LogP contribution is -2.14. The molecule has 0 bridgehead atoms. The van der Waals surface area contributed by atoms with E-state index in [4.69, 9.17) is 21.1 Å². The number of halogens is 1. The molecule has 0 rings (SSSR count). The van der Waals surface area contributed by atoms with Gasteiger partial charge < -0.3 is 9.47 Å². The first-order chi connectivity index (χ1) is 11.1.